The summed E-state index contributed by atoms with van der Waals surface area (Å²) in [5.74, 6) is 1.31. The normalized spacial score (nSPS) is 12.8. The molecule has 0 aliphatic rings. The molecule has 1 rings (SSSR count). The van der Waals surface area contributed by atoms with E-state index in [1.54, 1.807) is 12.4 Å². The highest BCUT2D eigenvalue weighted by Crippen LogP contribution is 2.14. The van der Waals surface area contributed by atoms with Crippen molar-refractivity contribution >= 4 is 11.6 Å². The van der Waals surface area contributed by atoms with E-state index in [9.17, 15) is 0 Å². The van der Waals surface area contributed by atoms with Gasteiger partial charge in [0.05, 0.1) is 12.4 Å². The van der Waals surface area contributed by atoms with E-state index in [4.69, 9.17) is 5.73 Å². The van der Waals surface area contributed by atoms with Gasteiger partial charge < -0.3 is 15.5 Å². The maximum Gasteiger partial charge on any atom is 0.149 e. The van der Waals surface area contributed by atoms with E-state index in [1.165, 1.54) is 0 Å². The lowest BCUT2D eigenvalue weighted by Crippen LogP contribution is -2.40. The van der Waals surface area contributed by atoms with E-state index in [-0.39, 0.29) is 0 Å². The van der Waals surface area contributed by atoms with Gasteiger partial charge in [-0.05, 0) is 27.9 Å². The lowest BCUT2D eigenvalue weighted by molar-refractivity contribution is 0.372. The zero-order chi connectivity index (χ0) is 12.1. The average Bonchev–Trinajstić information content (AvgIpc) is 2.17. The van der Waals surface area contributed by atoms with Crippen molar-refractivity contribution in [3.05, 3.63) is 12.4 Å². The number of nitrogens with two attached hydrogens (primary N) is 1. The van der Waals surface area contributed by atoms with Crippen LogP contribution in [0, 0.1) is 0 Å². The van der Waals surface area contributed by atoms with E-state index in [0.717, 1.165) is 18.9 Å². The molecule has 2 N–H and O–H groups in total. The zero-order valence-electron chi connectivity index (χ0n) is 10.5. The Morgan fingerprint density at radius 1 is 1.38 bits per heavy atom. The molecule has 0 saturated carbocycles. The van der Waals surface area contributed by atoms with Gasteiger partial charge in [0.2, 0.25) is 0 Å². The first-order valence-corrected chi connectivity index (χ1v) is 5.53. The summed E-state index contributed by atoms with van der Waals surface area (Å²) in [5.41, 5.74) is 5.64. The summed E-state index contributed by atoms with van der Waals surface area (Å²) < 4.78 is 0. The third-order valence-corrected chi connectivity index (χ3v) is 2.44. The molecule has 0 fully saturated rings. The summed E-state index contributed by atoms with van der Waals surface area (Å²) in [7, 11) is 4.13. The Morgan fingerprint density at radius 2 is 2.06 bits per heavy atom. The maximum absolute atomic E-state index is 5.64. The Balaban J connectivity index is 2.81. The number of hydrogen-bond acceptors (Lipinski definition) is 5. The second-order valence-electron chi connectivity index (χ2n) is 4.20. The molecule has 0 saturated heterocycles. The molecule has 1 unspecified atom stereocenters. The van der Waals surface area contributed by atoms with Crippen LogP contribution in [0.4, 0.5) is 11.6 Å². The van der Waals surface area contributed by atoms with Gasteiger partial charge in [-0.25, -0.2) is 4.98 Å². The minimum absolute atomic E-state index is 0.385. The van der Waals surface area contributed by atoms with Gasteiger partial charge in [-0.1, -0.05) is 0 Å². The summed E-state index contributed by atoms with van der Waals surface area (Å²) in [6, 6.07) is 0.385. The Morgan fingerprint density at radius 3 is 2.56 bits per heavy atom. The van der Waals surface area contributed by atoms with Crippen molar-refractivity contribution in [2.75, 3.05) is 37.8 Å². The van der Waals surface area contributed by atoms with Crippen LogP contribution in [0.15, 0.2) is 12.4 Å². The molecule has 0 aromatic carbocycles. The van der Waals surface area contributed by atoms with Crippen molar-refractivity contribution < 1.29 is 0 Å². The molecule has 1 atom stereocenters. The highest BCUT2D eigenvalue weighted by molar-refractivity contribution is 5.42. The summed E-state index contributed by atoms with van der Waals surface area (Å²) in [6.07, 6.45) is 3.32. The van der Waals surface area contributed by atoms with Crippen LogP contribution in [0.5, 0.6) is 0 Å². The predicted octanol–water partition coefficient (Wildman–Crippen LogP) is 0.835. The van der Waals surface area contributed by atoms with E-state index in [2.05, 4.69) is 47.7 Å². The van der Waals surface area contributed by atoms with Crippen LogP contribution in [0.3, 0.4) is 0 Å². The summed E-state index contributed by atoms with van der Waals surface area (Å²) in [4.78, 5) is 12.7. The van der Waals surface area contributed by atoms with Gasteiger partial charge in [0.15, 0.2) is 0 Å². The summed E-state index contributed by atoms with van der Waals surface area (Å²) >= 11 is 0. The number of nitrogens with zero attached hydrogens (tertiary/aromatic N) is 4. The average molecular weight is 223 g/mol. The summed E-state index contributed by atoms with van der Waals surface area (Å²) in [5, 5.41) is 0. The molecule has 1 heterocycles. The van der Waals surface area contributed by atoms with Crippen molar-refractivity contribution in [3.8, 4) is 0 Å². The molecule has 1 aromatic rings. The molecular formula is C11H21N5. The van der Waals surface area contributed by atoms with Gasteiger partial charge in [-0.2, -0.15) is 0 Å². The summed E-state index contributed by atoms with van der Waals surface area (Å²) in [6.45, 7) is 6.16. The number of rotatable bonds is 5. The topological polar surface area (TPSA) is 58.3 Å². The van der Waals surface area contributed by atoms with Crippen molar-refractivity contribution in [3.63, 3.8) is 0 Å². The zero-order valence-corrected chi connectivity index (χ0v) is 10.5. The van der Waals surface area contributed by atoms with Crippen LogP contribution in [0.2, 0.25) is 0 Å². The van der Waals surface area contributed by atoms with Crippen LogP contribution in [-0.4, -0.2) is 48.1 Å². The van der Waals surface area contributed by atoms with Crippen LogP contribution in [-0.2, 0) is 0 Å². The fraction of sp³-hybridized carbons (Fsp3) is 0.636. The number of anilines is 2. The highest BCUT2D eigenvalue weighted by Gasteiger charge is 2.15. The van der Waals surface area contributed by atoms with Gasteiger partial charge in [0.1, 0.15) is 11.6 Å². The Bertz CT molecular complexity index is 326. The molecule has 16 heavy (non-hydrogen) atoms. The molecule has 1 aromatic heterocycles. The maximum atomic E-state index is 5.64. The quantitative estimate of drug-likeness (QED) is 0.801. The lowest BCUT2D eigenvalue weighted by Gasteiger charge is -2.30. The number of hydrogen-bond donors (Lipinski definition) is 1. The van der Waals surface area contributed by atoms with Crippen LogP contribution >= 0.6 is 0 Å². The Labute approximate surface area is 97.3 Å². The first kappa shape index (κ1) is 12.7. The number of aromatic nitrogens is 2. The van der Waals surface area contributed by atoms with Gasteiger partial charge in [-0.15, -0.1) is 0 Å². The fourth-order valence-electron chi connectivity index (χ4n) is 1.84. The molecule has 0 radical (unpaired) electrons. The Hall–Kier alpha value is -1.36. The smallest absolute Gasteiger partial charge is 0.149 e. The second kappa shape index (κ2) is 5.65. The number of likely N-dealkylation sites (N-methyl/N-ethyl adjacent to an activating group) is 2. The molecule has 5 nitrogen and oxygen atoms in total. The van der Waals surface area contributed by atoms with E-state index < -0.39 is 0 Å². The van der Waals surface area contributed by atoms with Crippen LogP contribution in [0.25, 0.3) is 0 Å². The fourth-order valence-corrected chi connectivity index (χ4v) is 1.84. The monoisotopic (exact) mass is 223 g/mol. The number of nitrogen functional groups attached to an aromatic ring is 1. The predicted molar refractivity (Wildman–Crippen MR) is 67.5 cm³/mol. The third kappa shape index (κ3) is 3.34. The minimum atomic E-state index is 0.385. The molecule has 0 spiro atoms. The molecule has 0 aliphatic carbocycles. The molecule has 5 heteroatoms. The largest absolute Gasteiger partial charge is 0.382 e. The SMILES string of the molecule is CCN(c1cncc(N)n1)C(C)CN(C)C. The van der Waals surface area contributed by atoms with E-state index in [0.29, 0.717) is 11.9 Å². The second-order valence-corrected chi connectivity index (χ2v) is 4.20. The molecule has 0 bridgehead atoms. The first-order chi connectivity index (χ1) is 7.54. The van der Waals surface area contributed by atoms with E-state index in [1.807, 2.05) is 0 Å². The van der Waals surface area contributed by atoms with Gasteiger partial charge in [0, 0.05) is 19.1 Å². The van der Waals surface area contributed by atoms with Crippen LogP contribution < -0.4 is 10.6 Å². The molecular weight excluding hydrogens is 202 g/mol. The molecule has 0 amide bonds. The third-order valence-electron chi connectivity index (χ3n) is 2.44. The standard InChI is InChI=1S/C11H21N5/c1-5-16(9(2)8-15(3)4)11-7-13-6-10(12)14-11/h6-7,9H,5,8H2,1-4H3,(H2,12,14). The van der Waals surface area contributed by atoms with Gasteiger partial charge in [-0.3, -0.25) is 4.98 Å². The molecule has 90 valence electrons. The lowest BCUT2D eigenvalue weighted by atomic mass is 10.2. The minimum Gasteiger partial charge on any atom is -0.382 e. The van der Waals surface area contributed by atoms with Gasteiger partial charge >= 0.3 is 0 Å². The molecule has 0 aliphatic heterocycles. The van der Waals surface area contributed by atoms with Crippen molar-refractivity contribution in [2.24, 2.45) is 0 Å². The van der Waals surface area contributed by atoms with Crippen molar-refractivity contribution in [1.82, 2.24) is 14.9 Å². The van der Waals surface area contributed by atoms with Crippen molar-refractivity contribution in [2.45, 2.75) is 19.9 Å². The van der Waals surface area contributed by atoms with Crippen molar-refractivity contribution in [1.29, 1.82) is 0 Å². The first-order valence-electron chi connectivity index (χ1n) is 5.53. The van der Waals surface area contributed by atoms with Crippen LogP contribution in [0.1, 0.15) is 13.8 Å². The van der Waals surface area contributed by atoms with E-state index >= 15 is 0 Å². The highest BCUT2D eigenvalue weighted by atomic mass is 15.2. The van der Waals surface area contributed by atoms with Gasteiger partial charge in [0.25, 0.3) is 0 Å². The Kier molecular flexibility index (Phi) is 4.49.